The van der Waals surface area contributed by atoms with Gasteiger partial charge in [-0.3, -0.25) is 9.69 Å². The average molecular weight is 330 g/mol. The van der Waals surface area contributed by atoms with E-state index in [1.165, 1.54) is 0 Å². The zero-order chi connectivity index (χ0) is 17.5. The number of nitrogens with zero attached hydrogens (tertiary/aromatic N) is 1. The molecule has 2 aliphatic rings. The van der Waals surface area contributed by atoms with Crippen LogP contribution in [0.5, 0.6) is 0 Å². The van der Waals surface area contributed by atoms with Crippen LogP contribution >= 0.6 is 0 Å². The number of halogens is 3. The van der Waals surface area contributed by atoms with Crippen LogP contribution in [0.15, 0.2) is 24.3 Å². The van der Waals surface area contributed by atoms with E-state index in [9.17, 15) is 18.0 Å². The molecule has 6 heteroatoms. The molecular formula is C17H25F3N2O. The minimum absolute atomic E-state index is 0.0610. The number of amides is 1. The van der Waals surface area contributed by atoms with Crippen LogP contribution in [0.1, 0.15) is 40.0 Å². The number of carbonyl (C=O) groups is 1. The molecule has 1 amide bonds. The number of carbonyl (C=O) groups excluding carboxylic acids is 1. The molecule has 0 bridgehead atoms. The van der Waals surface area contributed by atoms with Gasteiger partial charge in [0.1, 0.15) is 0 Å². The molecule has 1 unspecified atom stereocenters. The first kappa shape index (κ1) is 18.0. The van der Waals surface area contributed by atoms with Crippen molar-refractivity contribution in [1.29, 1.82) is 0 Å². The molecule has 1 saturated carbocycles. The summed E-state index contributed by atoms with van der Waals surface area (Å²) >= 11 is 0. The summed E-state index contributed by atoms with van der Waals surface area (Å²) in [6.45, 7) is 10.8. The Kier molecular flexibility index (Phi) is 4.68. The lowest BCUT2D eigenvalue weighted by Gasteiger charge is -2.55. The van der Waals surface area contributed by atoms with Crippen LogP contribution in [0, 0.1) is 10.8 Å². The molecule has 0 aromatic rings. The van der Waals surface area contributed by atoms with Gasteiger partial charge in [0.25, 0.3) is 0 Å². The van der Waals surface area contributed by atoms with Crippen molar-refractivity contribution in [3.63, 3.8) is 0 Å². The van der Waals surface area contributed by atoms with Gasteiger partial charge in [-0.15, -0.1) is 6.58 Å². The molecule has 3 nitrogen and oxygen atoms in total. The fourth-order valence-corrected chi connectivity index (χ4v) is 4.25. The van der Waals surface area contributed by atoms with Crippen LogP contribution < -0.4 is 5.32 Å². The van der Waals surface area contributed by atoms with Crippen molar-refractivity contribution in [2.75, 3.05) is 13.1 Å². The lowest BCUT2D eigenvalue weighted by atomic mass is 9.57. The Morgan fingerprint density at radius 3 is 2.65 bits per heavy atom. The normalized spacial score (nSPS) is 31.0. The van der Waals surface area contributed by atoms with Crippen LogP contribution in [0.4, 0.5) is 13.2 Å². The van der Waals surface area contributed by atoms with Gasteiger partial charge in [0.05, 0.1) is 6.17 Å². The van der Waals surface area contributed by atoms with Crippen molar-refractivity contribution in [2.45, 2.75) is 52.4 Å². The summed E-state index contributed by atoms with van der Waals surface area (Å²) in [6.07, 6.45) is 0.938. The molecule has 1 N–H and O–H groups in total. The highest BCUT2D eigenvalue weighted by atomic mass is 19.4. The first-order chi connectivity index (χ1) is 10.5. The predicted octanol–water partition coefficient (Wildman–Crippen LogP) is 3.64. The molecule has 1 heterocycles. The molecule has 2 rings (SSSR count). The molecule has 0 aromatic carbocycles. The minimum Gasteiger partial charge on any atom is -0.332 e. The van der Waals surface area contributed by atoms with E-state index in [2.05, 4.69) is 31.8 Å². The van der Waals surface area contributed by atoms with Gasteiger partial charge in [0, 0.05) is 18.5 Å². The maximum Gasteiger partial charge on any atom is 0.471 e. The van der Waals surface area contributed by atoms with E-state index >= 15 is 0 Å². The van der Waals surface area contributed by atoms with E-state index in [-0.39, 0.29) is 5.41 Å². The minimum atomic E-state index is -4.87. The lowest BCUT2D eigenvalue weighted by molar-refractivity contribution is -0.177. The molecule has 0 radical (unpaired) electrons. The van der Waals surface area contributed by atoms with Crippen molar-refractivity contribution in [3.8, 4) is 0 Å². The van der Waals surface area contributed by atoms with Crippen molar-refractivity contribution in [3.05, 3.63) is 24.3 Å². The van der Waals surface area contributed by atoms with Crippen molar-refractivity contribution < 1.29 is 18.0 Å². The van der Waals surface area contributed by atoms with Gasteiger partial charge in [0.2, 0.25) is 0 Å². The van der Waals surface area contributed by atoms with Gasteiger partial charge in [0.15, 0.2) is 0 Å². The second-order valence-electron chi connectivity index (χ2n) is 7.39. The summed E-state index contributed by atoms with van der Waals surface area (Å²) in [6, 6.07) is 0. The molecule has 1 fully saturated rings. The van der Waals surface area contributed by atoms with Crippen LogP contribution in [0.25, 0.3) is 0 Å². The molecule has 130 valence electrons. The Labute approximate surface area is 135 Å². The van der Waals surface area contributed by atoms with Gasteiger partial charge in [-0.1, -0.05) is 44.9 Å². The Morgan fingerprint density at radius 1 is 1.43 bits per heavy atom. The Bertz CT molecular complexity index is 524. The van der Waals surface area contributed by atoms with E-state index < -0.39 is 23.7 Å². The topological polar surface area (TPSA) is 32.3 Å². The van der Waals surface area contributed by atoms with E-state index in [1.807, 2.05) is 11.8 Å². The SMILES string of the molecule is C=CCN1CC=C2C(C)(C)CCC[C@]2(C)C1NC(=O)C(F)(F)F. The van der Waals surface area contributed by atoms with Crippen molar-refractivity contribution in [1.82, 2.24) is 10.2 Å². The summed E-state index contributed by atoms with van der Waals surface area (Å²) in [5.41, 5.74) is 0.599. The summed E-state index contributed by atoms with van der Waals surface area (Å²) < 4.78 is 38.3. The van der Waals surface area contributed by atoms with Gasteiger partial charge in [-0.25, -0.2) is 0 Å². The second kappa shape index (κ2) is 5.96. The molecule has 0 aromatic heterocycles. The predicted molar refractivity (Wildman–Crippen MR) is 83.6 cm³/mol. The number of nitrogens with one attached hydrogen (secondary N) is 1. The summed E-state index contributed by atoms with van der Waals surface area (Å²) in [7, 11) is 0. The highest BCUT2D eigenvalue weighted by molar-refractivity contribution is 5.82. The maximum absolute atomic E-state index is 12.8. The van der Waals surface area contributed by atoms with E-state index in [0.717, 1.165) is 24.8 Å². The molecule has 1 aliphatic carbocycles. The second-order valence-corrected chi connectivity index (χ2v) is 7.39. The zero-order valence-electron chi connectivity index (χ0n) is 14.0. The monoisotopic (exact) mass is 330 g/mol. The first-order valence-electron chi connectivity index (χ1n) is 7.96. The van der Waals surface area contributed by atoms with Crippen LogP contribution in [-0.2, 0) is 4.79 Å². The number of fused-ring (bicyclic) bond motifs is 1. The van der Waals surface area contributed by atoms with Crippen molar-refractivity contribution in [2.24, 2.45) is 10.8 Å². The molecule has 0 saturated heterocycles. The quantitative estimate of drug-likeness (QED) is 0.802. The summed E-state index contributed by atoms with van der Waals surface area (Å²) in [5, 5.41) is 2.24. The van der Waals surface area contributed by atoms with Gasteiger partial charge >= 0.3 is 12.1 Å². The third kappa shape index (κ3) is 3.32. The maximum atomic E-state index is 12.8. The lowest BCUT2D eigenvalue weighted by Crippen LogP contribution is -2.63. The van der Waals surface area contributed by atoms with E-state index in [4.69, 9.17) is 0 Å². The number of alkyl halides is 3. The first-order valence-corrected chi connectivity index (χ1v) is 7.96. The highest BCUT2D eigenvalue weighted by Crippen LogP contribution is 2.54. The average Bonchev–Trinajstić information content (AvgIpc) is 2.40. The Hall–Kier alpha value is -1.30. The van der Waals surface area contributed by atoms with Crippen LogP contribution in [0.3, 0.4) is 0 Å². The summed E-state index contributed by atoms with van der Waals surface area (Å²) in [5.74, 6) is -1.87. The van der Waals surface area contributed by atoms with Crippen LogP contribution in [0.2, 0.25) is 0 Å². The van der Waals surface area contributed by atoms with E-state index in [0.29, 0.717) is 13.1 Å². The summed E-state index contributed by atoms with van der Waals surface area (Å²) in [4.78, 5) is 13.4. The zero-order valence-corrected chi connectivity index (χ0v) is 14.0. The van der Waals surface area contributed by atoms with Gasteiger partial charge < -0.3 is 5.32 Å². The Morgan fingerprint density at radius 2 is 2.09 bits per heavy atom. The van der Waals surface area contributed by atoms with Crippen LogP contribution in [-0.4, -0.2) is 36.2 Å². The number of rotatable bonds is 3. The molecule has 0 spiro atoms. The third-order valence-electron chi connectivity index (χ3n) is 5.23. The van der Waals surface area contributed by atoms with Gasteiger partial charge in [-0.05, 0) is 18.3 Å². The standard InChI is InChI=1S/C17H25F3N2O/c1-5-10-22-11-7-12-15(2,3)8-6-9-16(12,4)13(22)21-14(23)17(18,19)20/h5,7,13H,1,6,8-11H2,2-4H3,(H,21,23)/t13?,16-/m0/s1. The van der Waals surface area contributed by atoms with Crippen molar-refractivity contribution >= 4 is 5.91 Å². The number of hydrogen-bond donors (Lipinski definition) is 1. The largest absolute Gasteiger partial charge is 0.471 e. The van der Waals surface area contributed by atoms with E-state index in [1.54, 1.807) is 6.08 Å². The molecular weight excluding hydrogens is 305 g/mol. The molecule has 23 heavy (non-hydrogen) atoms. The highest BCUT2D eigenvalue weighted by Gasteiger charge is 2.52. The third-order valence-corrected chi connectivity index (χ3v) is 5.23. The van der Waals surface area contributed by atoms with Gasteiger partial charge in [-0.2, -0.15) is 13.2 Å². The molecule has 2 atom stereocenters. The Balaban J connectivity index is 2.39. The fourth-order valence-electron chi connectivity index (χ4n) is 4.25. The molecule has 1 aliphatic heterocycles. The fraction of sp³-hybridized carbons (Fsp3) is 0.706. The number of hydrogen-bond acceptors (Lipinski definition) is 2. The smallest absolute Gasteiger partial charge is 0.332 e.